The van der Waals surface area contributed by atoms with Crippen molar-refractivity contribution < 1.29 is 4.42 Å². The predicted octanol–water partition coefficient (Wildman–Crippen LogP) is 17.5. The third kappa shape index (κ3) is 6.36. The van der Waals surface area contributed by atoms with Gasteiger partial charge in [0.15, 0.2) is 0 Å². The maximum absolute atomic E-state index is 6.39. The molecule has 0 aliphatic heterocycles. The molecule has 0 saturated heterocycles. The van der Waals surface area contributed by atoms with Gasteiger partial charge in [-0.25, -0.2) is 0 Å². The summed E-state index contributed by atoms with van der Waals surface area (Å²) in [6, 6.07) is 80.6. The highest BCUT2D eigenvalue weighted by Crippen LogP contribution is 2.52. The van der Waals surface area contributed by atoms with Crippen molar-refractivity contribution in [1.82, 2.24) is 9.13 Å². The summed E-state index contributed by atoms with van der Waals surface area (Å²) in [5.74, 6) is 0. The van der Waals surface area contributed by atoms with E-state index in [4.69, 9.17) is 4.42 Å². The van der Waals surface area contributed by atoms with Gasteiger partial charge in [0.1, 0.15) is 11.2 Å². The quantitative estimate of drug-likeness (QED) is 0.187. The zero-order chi connectivity index (χ0) is 45.5. The van der Waals surface area contributed by atoms with Crippen LogP contribution in [0.3, 0.4) is 0 Å². The monoisotopic (exact) mass is 873 g/mol. The maximum Gasteiger partial charge on any atom is 0.137 e. The second-order valence-electron chi connectivity index (χ2n) is 18.7. The third-order valence-corrected chi connectivity index (χ3v) is 14.2. The van der Waals surface area contributed by atoms with Crippen molar-refractivity contribution in [2.24, 2.45) is 0 Å². The van der Waals surface area contributed by atoms with Crippen LogP contribution in [0.25, 0.3) is 99.2 Å². The van der Waals surface area contributed by atoms with Crippen molar-refractivity contribution in [3.8, 4) is 33.6 Å². The van der Waals surface area contributed by atoms with Gasteiger partial charge in [-0.3, -0.25) is 0 Å². The SMILES string of the molecule is Cc1cccc(-n2c3ccccc3c3cc4c(cc32)C(C)(C)c2ccc(-c3ccc5c(c3)c3cc6c(cc3n5-c3ccccc3)oc3ccccc36)cc2-4)c1.c1ccc(Nc2ccccc2)cc1. The van der Waals surface area contributed by atoms with Crippen LogP contribution < -0.4 is 5.32 Å². The summed E-state index contributed by atoms with van der Waals surface area (Å²) >= 11 is 0. The molecule has 0 atom stereocenters. The third-order valence-electron chi connectivity index (χ3n) is 14.2. The zero-order valence-electron chi connectivity index (χ0n) is 38.2. The van der Waals surface area contributed by atoms with E-state index in [1.54, 1.807) is 0 Å². The fourth-order valence-corrected chi connectivity index (χ4v) is 10.9. The molecule has 324 valence electrons. The van der Waals surface area contributed by atoms with E-state index in [1.165, 1.54) is 82.7 Å². The van der Waals surface area contributed by atoms with Crippen molar-refractivity contribution >= 4 is 76.9 Å². The lowest BCUT2D eigenvalue weighted by Gasteiger charge is -2.22. The van der Waals surface area contributed by atoms with Crippen LogP contribution in [-0.4, -0.2) is 9.13 Å². The second kappa shape index (κ2) is 15.5. The summed E-state index contributed by atoms with van der Waals surface area (Å²) < 4.78 is 11.2. The highest BCUT2D eigenvalue weighted by atomic mass is 16.3. The van der Waals surface area contributed by atoms with Crippen LogP contribution in [0.4, 0.5) is 11.4 Å². The first-order chi connectivity index (χ1) is 33.4. The van der Waals surface area contributed by atoms with Gasteiger partial charge in [-0.15, -0.1) is 0 Å². The molecule has 0 spiro atoms. The molecule has 3 heterocycles. The molecule has 1 aliphatic rings. The fraction of sp³-hybridized carbons (Fsp3) is 0.0625. The van der Waals surface area contributed by atoms with Crippen LogP contribution in [-0.2, 0) is 5.41 Å². The van der Waals surface area contributed by atoms with E-state index in [0.29, 0.717) is 0 Å². The van der Waals surface area contributed by atoms with Gasteiger partial charge in [-0.2, -0.15) is 0 Å². The highest BCUT2D eigenvalue weighted by molar-refractivity contribution is 6.18. The smallest absolute Gasteiger partial charge is 0.137 e. The molecule has 4 nitrogen and oxygen atoms in total. The number of nitrogens with one attached hydrogen (secondary N) is 1. The van der Waals surface area contributed by atoms with Gasteiger partial charge in [-0.1, -0.05) is 135 Å². The van der Waals surface area contributed by atoms with Gasteiger partial charge in [0, 0.05) is 66.5 Å². The van der Waals surface area contributed by atoms with E-state index in [0.717, 1.165) is 44.5 Å². The first-order valence-corrected chi connectivity index (χ1v) is 23.5. The molecule has 1 aliphatic carbocycles. The zero-order valence-corrected chi connectivity index (χ0v) is 38.2. The number of nitrogens with zero attached hydrogens (tertiary/aromatic N) is 2. The first-order valence-electron chi connectivity index (χ1n) is 23.5. The van der Waals surface area contributed by atoms with Crippen molar-refractivity contribution in [3.05, 3.63) is 241 Å². The van der Waals surface area contributed by atoms with Crippen LogP contribution in [0.5, 0.6) is 0 Å². The van der Waals surface area contributed by atoms with Gasteiger partial charge in [0.2, 0.25) is 0 Å². The van der Waals surface area contributed by atoms with Gasteiger partial charge in [0.05, 0.1) is 22.1 Å². The second-order valence-corrected chi connectivity index (χ2v) is 18.7. The molecule has 0 saturated carbocycles. The Hall–Kier alpha value is -8.60. The number of rotatable bonds is 5. The van der Waals surface area contributed by atoms with Crippen molar-refractivity contribution in [2.45, 2.75) is 26.2 Å². The first kappa shape index (κ1) is 39.7. The van der Waals surface area contributed by atoms with Crippen LogP contribution in [0.15, 0.2) is 229 Å². The summed E-state index contributed by atoms with van der Waals surface area (Å²) in [6.07, 6.45) is 0. The van der Waals surface area contributed by atoms with E-state index < -0.39 is 0 Å². The number of hydrogen-bond acceptors (Lipinski definition) is 2. The standard InChI is InChI=1S/C52H36N2O.C12H11N/c1-31-12-11-15-35(24-31)54-46-18-9-7-16-36(46)41-27-39-38-25-32(20-22-44(38)52(2,3)45(39)29-48(41)54)33-21-23-47-40(26-33)42-28-43-37-17-8-10-19-50(37)55-51(43)30-49(42)53(47)34-13-5-4-6-14-34;1-3-7-11(8-4-1)13-12-9-5-2-6-10-12/h4-30H,1-3H3;1-10,13H. The average Bonchev–Trinajstić information content (AvgIpc) is 4.07. The minimum absolute atomic E-state index is 0.142. The summed E-state index contributed by atoms with van der Waals surface area (Å²) in [4.78, 5) is 0. The number of aromatic nitrogens is 2. The minimum atomic E-state index is -0.142. The van der Waals surface area contributed by atoms with E-state index >= 15 is 0 Å². The molecule has 68 heavy (non-hydrogen) atoms. The number of fused-ring (bicyclic) bond motifs is 12. The van der Waals surface area contributed by atoms with Gasteiger partial charge in [0.25, 0.3) is 0 Å². The number of para-hydroxylation sites is 5. The van der Waals surface area contributed by atoms with Gasteiger partial charge in [-0.05, 0) is 143 Å². The molecule has 1 N–H and O–H groups in total. The van der Waals surface area contributed by atoms with Crippen LogP contribution in [0.1, 0.15) is 30.5 Å². The molecule has 4 heteroatoms. The lowest BCUT2D eigenvalue weighted by atomic mass is 9.82. The predicted molar refractivity (Wildman–Crippen MR) is 286 cm³/mol. The Morgan fingerprint density at radius 1 is 0.368 bits per heavy atom. The molecule has 0 radical (unpaired) electrons. The topological polar surface area (TPSA) is 35.0 Å². The fourth-order valence-electron chi connectivity index (χ4n) is 10.9. The molecule has 0 amide bonds. The Balaban J connectivity index is 0.000000305. The minimum Gasteiger partial charge on any atom is -0.456 e. The molecular weight excluding hydrogens is 827 g/mol. The molecule has 3 aromatic heterocycles. The van der Waals surface area contributed by atoms with E-state index in [9.17, 15) is 0 Å². The summed E-state index contributed by atoms with van der Waals surface area (Å²) in [6.45, 7) is 6.94. The highest BCUT2D eigenvalue weighted by Gasteiger charge is 2.36. The lowest BCUT2D eigenvalue weighted by Crippen LogP contribution is -2.15. The van der Waals surface area contributed by atoms with Gasteiger partial charge >= 0.3 is 0 Å². The number of furan rings is 1. The summed E-state index contributed by atoms with van der Waals surface area (Å²) in [5, 5.41) is 10.6. The van der Waals surface area contributed by atoms with Crippen molar-refractivity contribution in [1.29, 1.82) is 0 Å². The van der Waals surface area contributed by atoms with E-state index in [-0.39, 0.29) is 5.41 Å². The Bertz CT molecular complexity index is 4040. The molecule has 0 unspecified atom stereocenters. The van der Waals surface area contributed by atoms with E-state index in [1.807, 2.05) is 66.7 Å². The molecule has 0 bridgehead atoms. The Kier molecular flexibility index (Phi) is 9.06. The summed E-state index contributed by atoms with van der Waals surface area (Å²) in [5.41, 5.74) is 20.2. The Morgan fingerprint density at radius 2 is 0.941 bits per heavy atom. The normalized spacial score (nSPS) is 12.8. The lowest BCUT2D eigenvalue weighted by molar-refractivity contribution is 0.661. The maximum atomic E-state index is 6.39. The van der Waals surface area contributed by atoms with Crippen LogP contribution in [0, 0.1) is 6.92 Å². The molecular formula is C64H47N3O. The Morgan fingerprint density at radius 3 is 1.71 bits per heavy atom. The number of aryl methyl sites for hydroxylation is 1. The number of anilines is 2. The van der Waals surface area contributed by atoms with E-state index in [2.05, 4.69) is 193 Å². The van der Waals surface area contributed by atoms with Crippen molar-refractivity contribution in [2.75, 3.05) is 5.32 Å². The molecule has 10 aromatic carbocycles. The van der Waals surface area contributed by atoms with Crippen molar-refractivity contribution in [3.63, 3.8) is 0 Å². The van der Waals surface area contributed by atoms with Crippen LogP contribution >= 0.6 is 0 Å². The van der Waals surface area contributed by atoms with Gasteiger partial charge < -0.3 is 18.9 Å². The number of benzene rings is 10. The average molecular weight is 874 g/mol. The molecule has 0 fully saturated rings. The van der Waals surface area contributed by atoms with Crippen LogP contribution in [0.2, 0.25) is 0 Å². The largest absolute Gasteiger partial charge is 0.456 e. The summed E-state index contributed by atoms with van der Waals surface area (Å²) in [7, 11) is 0. The number of hydrogen-bond donors (Lipinski definition) is 1. The molecule has 13 aromatic rings. The Labute approximate surface area is 395 Å². The molecule has 14 rings (SSSR count).